The number of aliphatic hydroxyl groups excluding tert-OH is 1. The van der Waals surface area contributed by atoms with Gasteiger partial charge in [-0.2, -0.15) is 0 Å². The second-order valence-corrected chi connectivity index (χ2v) is 13.8. The van der Waals surface area contributed by atoms with Crippen LogP contribution in [-0.4, -0.2) is 66.8 Å². The lowest BCUT2D eigenvalue weighted by atomic mass is 9.82. The molecule has 8 heteroatoms. The van der Waals surface area contributed by atoms with E-state index in [-0.39, 0.29) is 42.3 Å². The van der Waals surface area contributed by atoms with E-state index in [0.29, 0.717) is 13.1 Å². The number of nitrogens with zero attached hydrogens (tertiary/aromatic N) is 2. The number of carbonyl (C=O) groups excluding carboxylic acids is 2. The van der Waals surface area contributed by atoms with Crippen LogP contribution in [0.2, 0.25) is 18.6 Å². The highest BCUT2D eigenvalue weighted by Crippen LogP contribution is 2.59. The fourth-order valence-electron chi connectivity index (χ4n) is 6.19. The molecule has 2 fully saturated rings. The number of anilines is 1. The van der Waals surface area contributed by atoms with Crippen molar-refractivity contribution in [3.63, 3.8) is 0 Å². The predicted molar refractivity (Wildman–Crippen MR) is 125 cm³/mol. The Labute approximate surface area is 190 Å². The zero-order valence-corrected chi connectivity index (χ0v) is 20.2. The molecule has 0 bridgehead atoms. The van der Waals surface area contributed by atoms with Gasteiger partial charge < -0.3 is 24.4 Å². The van der Waals surface area contributed by atoms with Gasteiger partial charge in [0, 0.05) is 30.1 Å². The molecule has 174 valence electrons. The summed E-state index contributed by atoms with van der Waals surface area (Å²) >= 11 is 0. The average molecular weight is 459 g/mol. The molecule has 0 aliphatic carbocycles. The van der Waals surface area contributed by atoms with Crippen molar-refractivity contribution in [1.82, 2.24) is 4.90 Å². The number of amides is 2. The van der Waals surface area contributed by atoms with Gasteiger partial charge >= 0.3 is 0 Å². The molecule has 3 aliphatic rings. The Balaban J connectivity index is 1.72. The van der Waals surface area contributed by atoms with Crippen LogP contribution >= 0.6 is 0 Å². The molecule has 0 radical (unpaired) electrons. The number of aliphatic hydroxyl groups is 1. The minimum Gasteiger partial charge on any atom is -0.432 e. The third kappa shape index (κ3) is 3.44. The topological polar surface area (TPSA) is 90.3 Å². The zero-order chi connectivity index (χ0) is 23.3. The Morgan fingerprint density at radius 2 is 2.09 bits per heavy atom. The lowest BCUT2D eigenvalue weighted by Gasteiger charge is -2.32. The first kappa shape index (κ1) is 23.2. The van der Waals surface area contributed by atoms with Gasteiger partial charge in [0.15, 0.2) is 13.9 Å². The highest BCUT2D eigenvalue weighted by Gasteiger charge is 2.66. The molecule has 1 aromatic rings. The molecule has 2 saturated heterocycles. The second-order valence-electron chi connectivity index (χ2n) is 9.85. The van der Waals surface area contributed by atoms with Crippen LogP contribution < -0.4 is 4.90 Å². The molecule has 2 N–H and O–H groups in total. The molecule has 0 saturated carbocycles. The number of benzene rings is 1. The van der Waals surface area contributed by atoms with Crippen LogP contribution in [0.15, 0.2) is 36.9 Å². The van der Waals surface area contributed by atoms with Crippen LogP contribution in [0.25, 0.3) is 0 Å². The number of carbonyl (C=O) groups is 2. The summed E-state index contributed by atoms with van der Waals surface area (Å²) in [5, 5.41) is 9.64. The van der Waals surface area contributed by atoms with Crippen molar-refractivity contribution < 1.29 is 24.2 Å². The molecule has 1 aromatic carbocycles. The molecule has 4 rings (SSSR count). The van der Waals surface area contributed by atoms with E-state index in [1.54, 1.807) is 15.9 Å². The molecule has 32 heavy (non-hydrogen) atoms. The van der Waals surface area contributed by atoms with Gasteiger partial charge in [0.05, 0.1) is 30.9 Å². The minimum atomic E-state index is -2.80. The van der Waals surface area contributed by atoms with Crippen molar-refractivity contribution in [3.05, 3.63) is 42.5 Å². The summed E-state index contributed by atoms with van der Waals surface area (Å²) < 4.78 is 6.61. The van der Waals surface area contributed by atoms with E-state index in [1.165, 1.54) is 0 Å². The monoisotopic (exact) mass is 458 g/mol. The van der Waals surface area contributed by atoms with Crippen molar-refractivity contribution in [1.29, 1.82) is 0 Å². The number of rotatable bonds is 6. The molecule has 1 spiro atoms. The smallest absolute Gasteiger partial charge is 0.264 e. The van der Waals surface area contributed by atoms with E-state index in [9.17, 15) is 19.5 Å². The normalized spacial score (nSPS) is 32.1. The summed E-state index contributed by atoms with van der Waals surface area (Å²) in [6.45, 7) is 10.4. The number of hydrogen-bond acceptors (Lipinski definition) is 5. The van der Waals surface area contributed by atoms with Crippen LogP contribution in [0.3, 0.4) is 0 Å². The molecule has 3 aliphatic heterocycles. The molecule has 7 nitrogen and oxygen atoms in total. The van der Waals surface area contributed by atoms with Crippen molar-refractivity contribution in [2.24, 2.45) is 5.92 Å². The largest absolute Gasteiger partial charge is 0.432 e. The van der Waals surface area contributed by atoms with E-state index < -0.39 is 20.0 Å². The van der Waals surface area contributed by atoms with E-state index in [2.05, 4.69) is 6.58 Å². The summed E-state index contributed by atoms with van der Waals surface area (Å²) in [6.07, 6.45) is 2.89. The molecular weight excluding hydrogens is 424 g/mol. The lowest BCUT2D eigenvalue weighted by Crippen LogP contribution is -2.46. The highest BCUT2D eigenvalue weighted by atomic mass is 28.4. The van der Waals surface area contributed by atoms with Crippen LogP contribution in [-0.2, 0) is 19.9 Å². The van der Waals surface area contributed by atoms with E-state index in [1.807, 2.05) is 44.3 Å². The summed E-state index contributed by atoms with van der Waals surface area (Å²) in [7, 11) is -2.80. The second kappa shape index (κ2) is 8.41. The SMILES string of the molecule is C=CCN1C(=O)[C@]2(O[C@H](CC(=O)N3CCC[C@H]3CO)[C@@H]([Si](C)(C)O)[C@@H]2C)c2ccccc21. The first-order valence-corrected chi connectivity index (χ1v) is 14.5. The zero-order valence-electron chi connectivity index (χ0n) is 19.2. The Morgan fingerprint density at radius 3 is 2.75 bits per heavy atom. The molecule has 0 unspecified atom stereocenters. The summed E-state index contributed by atoms with van der Waals surface area (Å²) in [5.74, 6) is -0.526. The number of ether oxygens (including phenoxy) is 1. The number of fused-ring (bicyclic) bond motifs is 2. The molecule has 5 atom stereocenters. The Kier molecular flexibility index (Phi) is 6.09. The van der Waals surface area contributed by atoms with Crippen molar-refractivity contribution in [2.45, 2.75) is 62.6 Å². The summed E-state index contributed by atoms with van der Waals surface area (Å²) in [6, 6.07) is 7.46. The quantitative estimate of drug-likeness (QED) is 0.505. The maximum Gasteiger partial charge on any atom is 0.264 e. The summed E-state index contributed by atoms with van der Waals surface area (Å²) in [4.78, 5) is 41.7. The standard InChI is InChI=1S/C24H34N2O5Si/c1-5-12-26-19-11-7-6-10-18(19)24(23(26)29)16(2)22(32(3,4)30)20(31-24)14-21(28)25-13-8-9-17(25)15-27/h5-7,10-11,16-17,20,22,27,30H,1,8-9,12-15H2,2-4H3/t16-,17-,20+,22-,24+/m0/s1. The van der Waals surface area contributed by atoms with Gasteiger partial charge in [-0.25, -0.2) is 0 Å². The van der Waals surface area contributed by atoms with Crippen LogP contribution in [0, 0.1) is 5.92 Å². The van der Waals surface area contributed by atoms with Crippen molar-refractivity contribution in [3.8, 4) is 0 Å². The van der Waals surface area contributed by atoms with Crippen molar-refractivity contribution >= 4 is 25.8 Å². The molecule has 3 heterocycles. The van der Waals surface area contributed by atoms with Gasteiger partial charge in [-0.15, -0.1) is 6.58 Å². The Hall–Kier alpha value is -2.00. The van der Waals surface area contributed by atoms with Gasteiger partial charge in [0.25, 0.3) is 5.91 Å². The molecule has 0 aromatic heterocycles. The third-order valence-corrected chi connectivity index (χ3v) is 9.99. The number of para-hydroxylation sites is 1. The van der Waals surface area contributed by atoms with E-state index >= 15 is 0 Å². The van der Waals surface area contributed by atoms with E-state index in [0.717, 1.165) is 24.1 Å². The third-order valence-electron chi connectivity index (χ3n) is 7.49. The Morgan fingerprint density at radius 1 is 1.38 bits per heavy atom. The highest BCUT2D eigenvalue weighted by molar-refractivity contribution is 6.71. The van der Waals surface area contributed by atoms with Crippen LogP contribution in [0.1, 0.15) is 31.7 Å². The average Bonchev–Trinajstić information content (AvgIpc) is 3.39. The first-order valence-electron chi connectivity index (χ1n) is 11.5. The summed E-state index contributed by atoms with van der Waals surface area (Å²) in [5.41, 5.74) is 0.0883. The van der Waals surface area contributed by atoms with Crippen molar-refractivity contribution in [2.75, 3.05) is 24.6 Å². The molecular formula is C24H34N2O5Si. The van der Waals surface area contributed by atoms with Gasteiger partial charge in [-0.05, 0) is 32.0 Å². The number of hydrogen-bond donors (Lipinski definition) is 2. The minimum absolute atomic E-state index is 0.0519. The van der Waals surface area contributed by atoms with Gasteiger partial charge in [0.1, 0.15) is 0 Å². The predicted octanol–water partition coefficient (Wildman–Crippen LogP) is 2.39. The van der Waals surface area contributed by atoms with Crippen LogP contribution in [0.5, 0.6) is 0 Å². The lowest BCUT2D eigenvalue weighted by molar-refractivity contribution is -0.149. The van der Waals surface area contributed by atoms with Gasteiger partial charge in [0.2, 0.25) is 5.91 Å². The first-order chi connectivity index (χ1) is 15.2. The van der Waals surface area contributed by atoms with Gasteiger partial charge in [-0.1, -0.05) is 31.2 Å². The maximum absolute atomic E-state index is 13.8. The van der Waals surface area contributed by atoms with E-state index in [4.69, 9.17) is 4.74 Å². The maximum atomic E-state index is 13.8. The Bertz CT molecular complexity index is 916. The fourth-order valence-corrected chi connectivity index (χ4v) is 8.74. The van der Waals surface area contributed by atoms with Gasteiger partial charge in [-0.3, -0.25) is 9.59 Å². The fraction of sp³-hybridized carbons (Fsp3) is 0.583. The van der Waals surface area contributed by atoms with Crippen LogP contribution in [0.4, 0.5) is 5.69 Å². The molecule has 2 amide bonds. The number of likely N-dealkylation sites (tertiary alicyclic amines) is 1.